The zero-order valence-electron chi connectivity index (χ0n) is 11.6. The Kier molecular flexibility index (Phi) is 4.50. The molecule has 0 fully saturated rings. The molecule has 0 aromatic carbocycles. The van der Waals surface area contributed by atoms with Crippen LogP contribution in [0.2, 0.25) is 0 Å². The Labute approximate surface area is 118 Å². The van der Waals surface area contributed by atoms with E-state index in [0.29, 0.717) is 12.5 Å². The van der Waals surface area contributed by atoms with Crippen molar-refractivity contribution in [2.75, 3.05) is 11.9 Å². The third kappa shape index (κ3) is 3.30. The van der Waals surface area contributed by atoms with E-state index in [0.717, 1.165) is 23.8 Å². The summed E-state index contributed by atoms with van der Waals surface area (Å²) in [7, 11) is 2.05. The van der Waals surface area contributed by atoms with E-state index in [1.54, 1.807) is 11.3 Å². The molecule has 0 radical (unpaired) electrons. The quantitative estimate of drug-likeness (QED) is 0.912. The molecule has 0 saturated heterocycles. The Bertz CT molecular complexity index is 522. The summed E-state index contributed by atoms with van der Waals surface area (Å²) in [5.74, 6) is 1.18. The van der Waals surface area contributed by atoms with Crippen molar-refractivity contribution in [2.24, 2.45) is 5.73 Å². The number of rotatable bonds is 5. The largest absolute Gasteiger partial charge is 0.367 e. The van der Waals surface area contributed by atoms with Gasteiger partial charge in [-0.3, -0.25) is 0 Å². The maximum atomic E-state index is 5.82. The summed E-state index contributed by atoms with van der Waals surface area (Å²) in [6.07, 6.45) is 1.89. The lowest BCUT2D eigenvalue weighted by molar-refractivity contribution is 0.749. The predicted octanol–water partition coefficient (Wildman–Crippen LogP) is 2.76. The first kappa shape index (κ1) is 14.0. The molecule has 2 N–H and O–H groups in total. The average Bonchev–Trinajstić information content (AvgIpc) is 2.90. The standard InChI is InChI=1S/C14H20N4S/c1-10(2)14-16-8-13(12(7-15)17-14)18(3)9-11-5-4-6-19-11/h4-6,8,10H,7,9,15H2,1-3H3. The van der Waals surface area contributed by atoms with Gasteiger partial charge in [0.25, 0.3) is 0 Å². The van der Waals surface area contributed by atoms with Crippen molar-refractivity contribution in [1.82, 2.24) is 9.97 Å². The minimum atomic E-state index is 0.321. The van der Waals surface area contributed by atoms with Gasteiger partial charge in [-0.25, -0.2) is 9.97 Å². The maximum absolute atomic E-state index is 5.82. The van der Waals surface area contributed by atoms with Crippen LogP contribution in [0.15, 0.2) is 23.7 Å². The van der Waals surface area contributed by atoms with Gasteiger partial charge in [0, 0.05) is 24.4 Å². The van der Waals surface area contributed by atoms with Gasteiger partial charge in [0.05, 0.1) is 24.1 Å². The van der Waals surface area contributed by atoms with Gasteiger partial charge in [-0.2, -0.15) is 0 Å². The van der Waals surface area contributed by atoms with Crippen LogP contribution >= 0.6 is 11.3 Å². The van der Waals surface area contributed by atoms with Crippen LogP contribution < -0.4 is 10.6 Å². The molecule has 2 aromatic heterocycles. The van der Waals surface area contributed by atoms with Crippen LogP contribution in [0.25, 0.3) is 0 Å². The Morgan fingerprint density at radius 1 is 1.42 bits per heavy atom. The maximum Gasteiger partial charge on any atom is 0.131 e. The molecule has 0 unspecified atom stereocenters. The Morgan fingerprint density at radius 2 is 2.21 bits per heavy atom. The summed E-state index contributed by atoms with van der Waals surface area (Å²) in [6, 6.07) is 4.20. The summed E-state index contributed by atoms with van der Waals surface area (Å²) < 4.78 is 0. The van der Waals surface area contributed by atoms with E-state index >= 15 is 0 Å². The second-order valence-electron chi connectivity index (χ2n) is 4.85. The van der Waals surface area contributed by atoms with E-state index in [-0.39, 0.29) is 0 Å². The predicted molar refractivity (Wildman–Crippen MR) is 80.4 cm³/mol. The second kappa shape index (κ2) is 6.12. The SMILES string of the molecule is CC(C)c1ncc(N(C)Cc2cccs2)c(CN)n1. The monoisotopic (exact) mass is 276 g/mol. The van der Waals surface area contributed by atoms with Crippen molar-refractivity contribution in [3.63, 3.8) is 0 Å². The van der Waals surface area contributed by atoms with Crippen LogP contribution in [-0.2, 0) is 13.1 Å². The van der Waals surface area contributed by atoms with Gasteiger partial charge in [0.2, 0.25) is 0 Å². The lowest BCUT2D eigenvalue weighted by Gasteiger charge is -2.21. The third-order valence-electron chi connectivity index (χ3n) is 2.96. The van der Waals surface area contributed by atoms with Gasteiger partial charge in [-0.15, -0.1) is 11.3 Å². The number of thiophene rings is 1. The number of anilines is 1. The minimum Gasteiger partial charge on any atom is -0.367 e. The molecule has 0 atom stereocenters. The van der Waals surface area contributed by atoms with Crippen LogP contribution in [0.1, 0.15) is 36.2 Å². The fourth-order valence-electron chi connectivity index (χ4n) is 1.89. The van der Waals surface area contributed by atoms with Crippen LogP contribution in [0, 0.1) is 0 Å². The molecule has 0 saturated carbocycles. The number of nitrogens with zero attached hydrogens (tertiary/aromatic N) is 3. The molecule has 4 nitrogen and oxygen atoms in total. The first-order valence-corrected chi connectivity index (χ1v) is 7.29. The zero-order valence-corrected chi connectivity index (χ0v) is 12.4. The van der Waals surface area contributed by atoms with Gasteiger partial charge >= 0.3 is 0 Å². The highest BCUT2D eigenvalue weighted by Crippen LogP contribution is 2.22. The molecule has 0 aliphatic carbocycles. The fraction of sp³-hybridized carbons (Fsp3) is 0.429. The van der Waals surface area contributed by atoms with Gasteiger partial charge < -0.3 is 10.6 Å². The van der Waals surface area contributed by atoms with Gasteiger partial charge in [0.15, 0.2) is 0 Å². The highest BCUT2D eigenvalue weighted by atomic mass is 32.1. The molecule has 0 spiro atoms. The van der Waals surface area contributed by atoms with Crippen molar-refractivity contribution in [3.8, 4) is 0 Å². The van der Waals surface area contributed by atoms with Crippen molar-refractivity contribution < 1.29 is 0 Å². The van der Waals surface area contributed by atoms with E-state index < -0.39 is 0 Å². The van der Waals surface area contributed by atoms with Crippen LogP contribution in [0.3, 0.4) is 0 Å². The highest BCUT2D eigenvalue weighted by molar-refractivity contribution is 7.09. The molecule has 2 aromatic rings. The van der Waals surface area contributed by atoms with Crippen LogP contribution in [0.4, 0.5) is 5.69 Å². The van der Waals surface area contributed by atoms with Gasteiger partial charge in [-0.1, -0.05) is 19.9 Å². The van der Waals surface area contributed by atoms with Crippen LogP contribution in [0.5, 0.6) is 0 Å². The Hall–Kier alpha value is -1.46. The molecular weight excluding hydrogens is 256 g/mol. The molecule has 19 heavy (non-hydrogen) atoms. The highest BCUT2D eigenvalue weighted by Gasteiger charge is 2.12. The Balaban J connectivity index is 2.23. The first-order valence-electron chi connectivity index (χ1n) is 6.41. The number of aromatic nitrogens is 2. The van der Waals surface area contributed by atoms with Crippen molar-refractivity contribution in [2.45, 2.75) is 32.9 Å². The Morgan fingerprint density at radius 3 is 2.79 bits per heavy atom. The van der Waals surface area contributed by atoms with E-state index in [1.165, 1.54) is 4.88 Å². The lowest BCUT2D eigenvalue weighted by Crippen LogP contribution is -2.20. The number of hydrogen-bond acceptors (Lipinski definition) is 5. The minimum absolute atomic E-state index is 0.321. The van der Waals surface area contributed by atoms with Crippen LogP contribution in [-0.4, -0.2) is 17.0 Å². The van der Waals surface area contributed by atoms with E-state index in [4.69, 9.17) is 5.73 Å². The van der Waals surface area contributed by atoms with E-state index in [2.05, 4.69) is 46.2 Å². The summed E-state index contributed by atoms with van der Waals surface area (Å²) in [5.41, 5.74) is 7.75. The molecule has 0 aliphatic heterocycles. The molecule has 5 heteroatoms. The summed E-state index contributed by atoms with van der Waals surface area (Å²) in [4.78, 5) is 12.5. The third-order valence-corrected chi connectivity index (χ3v) is 3.82. The topological polar surface area (TPSA) is 55.0 Å². The summed E-state index contributed by atoms with van der Waals surface area (Å²) >= 11 is 1.75. The smallest absolute Gasteiger partial charge is 0.131 e. The zero-order chi connectivity index (χ0) is 13.8. The van der Waals surface area contributed by atoms with Crippen molar-refractivity contribution in [3.05, 3.63) is 40.1 Å². The number of nitrogens with two attached hydrogens (primary N) is 1. The normalized spacial score (nSPS) is 11.0. The average molecular weight is 276 g/mol. The summed E-state index contributed by atoms with van der Waals surface area (Å²) in [5, 5.41) is 2.09. The van der Waals surface area contributed by atoms with E-state index in [1.807, 2.05) is 13.2 Å². The first-order chi connectivity index (χ1) is 9.11. The molecular formula is C14H20N4S. The van der Waals surface area contributed by atoms with Gasteiger partial charge in [-0.05, 0) is 11.4 Å². The molecule has 0 bridgehead atoms. The summed E-state index contributed by atoms with van der Waals surface area (Å²) in [6.45, 7) is 5.47. The van der Waals surface area contributed by atoms with E-state index in [9.17, 15) is 0 Å². The second-order valence-corrected chi connectivity index (χ2v) is 5.89. The number of hydrogen-bond donors (Lipinski definition) is 1. The molecule has 102 valence electrons. The molecule has 0 amide bonds. The van der Waals surface area contributed by atoms with Crippen molar-refractivity contribution in [1.29, 1.82) is 0 Å². The molecule has 2 rings (SSSR count). The molecule has 0 aliphatic rings. The lowest BCUT2D eigenvalue weighted by atomic mass is 10.2. The van der Waals surface area contributed by atoms with Crippen molar-refractivity contribution >= 4 is 17.0 Å². The van der Waals surface area contributed by atoms with Gasteiger partial charge in [0.1, 0.15) is 5.82 Å². The molecule has 2 heterocycles. The fourth-order valence-corrected chi connectivity index (χ4v) is 2.65.